The van der Waals surface area contributed by atoms with E-state index in [4.69, 9.17) is 14.7 Å². The number of piperidine rings is 1. The summed E-state index contributed by atoms with van der Waals surface area (Å²) in [7, 11) is 1.77. The highest BCUT2D eigenvalue weighted by Gasteiger charge is 2.62. The third kappa shape index (κ3) is 8.09. The van der Waals surface area contributed by atoms with Crippen LogP contribution in [0.3, 0.4) is 0 Å². The first-order chi connectivity index (χ1) is 22.1. The van der Waals surface area contributed by atoms with E-state index in [0.29, 0.717) is 31.1 Å². The van der Waals surface area contributed by atoms with Crippen molar-refractivity contribution >= 4 is 23.4 Å². The molecule has 3 aliphatic heterocycles. The first-order valence-corrected chi connectivity index (χ1v) is 17.0. The summed E-state index contributed by atoms with van der Waals surface area (Å²) in [5.41, 5.74) is 4.25. The number of hydrogen-bond donors (Lipinski definition) is 2. The molecular formula is C34H50F3N7O3. The average Bonchev–Trinajstić information content (AvgIpc) is 3.52. The lowest BCUT2D eigenvalue weighted by Gasteiger charge is -2.40. The van der Waals surface area contributed by atoms with Crippen molar-refractivity contribution in [3.05, 3.63) is 29.8 Å². The smallest absolute Gasteiger partial charge is 0.376 e. The molecule has 0 spiro atoms. The second-order valence-corrected chi connectivity index (χ2v) is 14.8. The number of carbonyl (C=O) groups excluding carboxylic acids is 2. The van der Waals surface area contributed by atoms with Gasteiger partial charge < -0.3 is 15.5 Å². The molecule has 13 heteroatoms. The molecule has 0 radical (unpaired) electrons. The first-order valence-electron chi connectivity index (χ1n) is 17.0. The van der Waals surface area contributed by atoms with E-state index in [2.05, 4.69) is 29.7 Å². The van der Waals surface area contributed by atoms with Crippen LogP contribution in [0.4, 0.5) is 19.1 Å². The lowest BCUT2D eigenvalue weighted by molar-refractivity contribution is -0.189. The Hall–Kier alpha value is -3.22. The molecule has 2 saturated heterocycles. The zero-order chi connectivity index (χ0) is 34.1. The number of halogens is 3. The number of Topliss-reactive ketones (excluding diaryl/α,β-unsaturated/α-hetero) is 1. The number of hydrogen-bond acceptors (Lipinski definition) is 7. The van der Waals surface area contributed by atoms with Gasteiger partial charge in [-0.3, -0.25) is 14.3 Å². The number of nitrogens with one attached hydrogen (secondary N) is 2. The normalized spacial score (nSPS) is 25.4. The Kier molecular flexibility index (Phi) is 10.2. The largest absolute Gasteiger partial charge is 0.394 e. The molecule has 1 aliphatic carbocycles. The van der Waals surface area contributed by atoms with Gasteiger partial charge in [-0.1, -0.05) is 20.8 Å². The highest BCUT2D eigenvalue weighted by atomic mass is 19.4. The van der Waals surface area contributed by atoms with Gasteiger partial charge >= 0.3 is 6.18 Å². The van der Waals surface area contributed by atoms with Crippen LogP contribution in [-0.4, -0.2) is 67.8 Å². The molecule has 2 aromatic heterocycles. The van der Waals surface area contributed by atoms with Crippen molar-refractivity contribution in [2.75, 3.05) is 18.6 Å². The standard InChI is InChI=1S/C26H38F3N5O2.C8H12N2O/c1-16(6-8-25(9-10-25)26(27,28)29)20-15-34-23(31-20)32-21(18-7-12-36-24(2,3)14-18)19(33-34)13-17-5-4-11-30-22(17)35;1-6(2)8(11)7-4-5-9-10(7)3/h15-19,33H,4-14H2,1-3H3,(H,30,35);4-6H,1-3H3/t16-,17?,18?,19?;/m0./s1. The molecule has 3 unspecified atom stereocenters. The van der Waals surface area contributed by atoms with Gasteiger partial charge in [-0.05, 0) is 77.7 Å². The third-order valence-electron chi connectivity index (χ3n) is 10.2. The van der Waals surface area contributed by atoms with Crippen LogP contribution in [0.1, 0.15) is 115 Å². The Morgan fingerprint density at radius 1 is 1.19 bits per heavy atom. The fourth-order valence-corrected chi connectivity index (χ4v) is 6.98. The van der Waals surface area contributed by atoms with Gasteiger partial charge in [-0.2, -0.15) is 18.3 Å². The Labute approximate surface area is 275 Å². The maximum atomic E-state index is 13.4. The number of rotatable bonds is 9. The van der Waals surface area contributed by atoms with E-state index >= 15 is 0 Å². The number of ether oxygens (including phenoxy) is 1. The Morgan fingerprint density at radius 2 is 1.94 bits per heavy atom. The number of aliphatic imine (C=N–C) groups is 1. The van der Waals surface area contributed by atoms with E-state index in [-0.39, 0.29) is 66.3 Å². The Balaban J connectivity index is 0.000000335. The molecule has 2 N–H and O–H groups in total. The Bertz CT molecular complexity index is 1460. The van der Waals surface area contributed by atoms with Gasteiger partial charge in [0, 0.05) is 55.8 Å². The minimum atomic E-state index is -4.13. The molecule has 47 heavy (non-hydrogen) atoms. The third-order valence-corrected chi connectivity index (χ3v) is 10.2. The Morgan fingerprint density at radius 3 is 2.53 bits per heavy atom. The van der Waals surface area contributed by atoms with Gasteiger partial charge in [-0.25, -0.2) is 14.7 Å². The summed E-state index contributed by atoms with van der Waals surface area (Å²) in [5.74, 6) is 0.862. The topological polar surface area (TPSA) is 115 Å². The van der Waals surface area contributed by atoms with Gasteiger partial charge in [0.15, 0.2) is 5.78 Å². The number of carbonyl (C=O) groups is 2. The summed E-state index contributed by atoms with van der Waals surface area (Å²) in [6.45, 7) is 11.3. The SMILES string of the molecule is CC(C)C(=O)c1ccnn1C.C[C@@H](CCC1(C(F)(F)F)CC1)c1cn2c(n1)N=C(C1CCOC(C)(C)C1)C(CC1CCCNC1=O)N2. The molecule has 1 saturated carbocycles. The van der Waals surface area contributed by atoms with Gasteiger partial charge in [-0.15, -0.1) is 0 Å². The van der Waals surface area contributed by atoms with Crippen molar-refractivity contribution < 1.29 is 27.5 Å². The van der Waals surface area contributed by atoms with Crippen LogP contribution in [0.15, 0.2) is 23.5 Å². The predicted octanol–water partition coefficient (Wildman–Crippen LogP) is 6.49. The minimum absolute atomic E-state index is 0.0467. The summed E-state index contributed by atoms with van der Waals surface area (Å²) in [4.78, 5) is 33.6. The minimum Gasteiger partial charge on any atom is -0.376 e. The fourth-order valence-electron chi connectivity index (χ4n) is 6.98. The first kappa shape index (κ1) is 35.1. The highest BCUT2D eigenvalue weighted by molar-refractivity contribution is 5.96. The number of alkyl halides is 3. The molecule has 10 nitrogen and oxygen atoms in total. The fraction of sp³-hybridized carbons (Fsp3) is 0.735. The van der Waals surface area contributed by atoms with Crippen LogP contribution >= 0.6 is 0 Å². The van der Waals surface area contributed by atoms with Crippen molar-refractivity contribution in [3.8, 4) is 0 Å². The van der Waals surface area contributed by atoms with Crippen LogP contribution in [-0.2, 0) is 16.6 Å². The predicted molar refractivity (Wildman–Crippen MR) is 173 cm³/mol. The summed E-state index contributed by atoms with van der Waals surface area (Å²) >= 11 is 0. The number of fused-ring (bicyclic) bond motifs is 1. The number of ketones is 1. The number of amides is 1. The molecule has 1 amide bonds. The maximum absolute atomic E-state index is 13.4. The molecule has 0 aromatic carbocycles. The molecule has 4 atom stereocenters. The zero-order valence-electron chi connectivity index (χ0n) is 28.5. The van der Waals surface area contributed by atoms with Crippen molar-refractivity contribution in [2.24, 2.45) is 35.2 Å². The molecular weight excluding hydrogens is 611 g/mol. The van der Waals surface area contributed by atoms with E-state index in [1.54, 1.807) is 24.0 Å². The summed E-state index contributed by atoms with van der Waals surface area (Å²) in [6.07, 6.45) is 4.59. The monoisotopic (exact) mass is 661 g/mol. The number of aromatic nitrogens is 4. The average molecular weight is 662 g/mol. The van der Waals surface area contributed by atoms with Crippen LogP contribution in [0.5, 0.6) is 0 Å². The van der Waals surface area contributed by atoms with Crippen molar-refractivity contribution in [1.82, 2.24) is 24.8 Å². The number of nitrogens with zero attached hydrogens (tertiary/aromatic N) is 5. The summed E-state index contributed by atoms with van der Waals surface area (Å²) < 4.78 is 49.5. The summed E-state index contributed by atoms with van der Waals surface area (Å²) in [6, 6.07) is 1.63. The second kappa shape index (κ2) is 13.7. The van der Waals surface area contributed by atoms with Gasteiger partial charge in [0.25, 0.3) is 0 Å². The van der Waals surface area contributed by atoms with Crippen LogP contribution in [0.25, 0.3) is 0 Å². The molecule has 2 aromatic rings. The van der Waals surface area contributed by atoms with E-state index < -0.39 is 11.6 Å². The van der Waals surface area contributed by atoms with Crippen LogP contribution in [0.2, 0.25) is 0 Å². The van der Waals surface area contributed by atoms with Crippen molar-refractivity contribution in [2.45, 2.75) is 116 Å². The second-order valence-electron chi connectivity index (χ2n) is 14.8. The lowest BCUT2D eigenvalue weighted by atomic mass is 9.80. The maximum Gasteiger partial charge on any atom is 0.394 e. The van der Waals surface area contributed by atoms with Crippen molar-refractivity contribution in [1.29, 1.82) is 0 Å². The van der Waals surface area contributed by atoms with Crippen LogP contribution < -0.4 is 10.7 Å². The quantitative estimate of drug-likeness (QED) is 0.297. The van der Waals surface area contributed by atoms with Gasteiger partial charge in [0.05, 0.1) is 28.9 Å². The van der Waals surface area contributed by atoms with Gasteiger partial charge in [0.1, 0.15) is 5.69 Å². The molecule has 0 bridgehead atoms. The molecule has 5 heterocycles. The van der Waals surface area contributed by atoms with Gasteiger partial charge in [0.2, 0.25) is 11.9 Å². The van der Waals surface area contributed by atoms with E-state index in [1.165, 1.54) is 0 Å². The van der Waals surface area contributed by atoms with Crippen LogP contribution in [0, 0.1) is 23.2 Å². The summed E-state index contributed by atoms with van der Waals surface area (Å²) in [5, 5.41) is 6.90. The van der Waals surface area contributed by atoms with E-state index in [0.717, 1.165) is 43.6 Å². The lowest BCUT2D eigenvalue weighted by Crippen LogP contribution is -2.48. The highest BCUT2D eigenvalue weighted by Crippen LogP contribution is 2.61. The molecule has 3 fully saturated rings. The van der Waals surface area contributed by atoms with E-state index in [9.17, 15) is 22.8 Å². The molecule has 260 valence electrons. The number of aryl methyl sites for hydroxylation is 1. The zero-order valence-corrected chi connectivity index (χ0v) is 28.5. The molecule has 4 aliphatic rings. The van der Waals surface area contributed by atoms with Crippen molar-refractivity contribution in [3.63, 3.8) is 0 Å². The number of imidazole rings is 1. The van der Waals surface area contributed by atoms with E-state index in [1.807, 2.05) is 31.6 Å². The molecule has 6 rings (SSSR count).